The molecule has 0 spiro atoms. The fourth-order valence-corrected chi connectivity index (χ4v) is 2.87. The lowest BCUT2D eigenvalue weighted by molar-refractivity contribution is 0.0636. The predicted molar refractivity (Wildman–Crippen MR) is 99.6 cm³/mol. The Labute approximate surface area is 150 Å². The molecule has 0 bridgehead atoms. The summed E-state index contributed by atoms with van der Waals surface area (Å²) in [7, 11) is 0. The summed E-state index contributed by atoms with van der Waals surface area (Å²) in [5.74, 6) is -0.233. The molecule has 0 aliphatic carbocycles. The van der Waals surface area contributed by atoms with Crippen molar-refractivity contribution in [2.24, 2.45) is 0 Å². The Hall–Kier alpha value is -2.54. The number of amides is 2. The Morgan fingerprint density at radius 3 is 2.52 bits per heavy atom. The van der Waals surface area contributed by atoms with Gasteiger partial charge in [-0.3, -0.25) is 10.1 Å². The molecule has 2 amide bonds. The van der Waals surface area contributed by atoms with Crippen molar-refractivity contribution in [2.75, 3.05) is 10.6 Å². The van der Waals surface area contributed by atoms with E-state index >= 15 is 0 Å². The van der Waals surface area contributed by atoms with Gasteiger partial charge >= 0.3 is 6.09 Å². The van der Waals surface area contributed by atoms with Crippen LogP contribution in [0.4, 0.5) is 16.2 Å². The molecule has 0 unspecified atom stereocenters. The summed E-state index contributed by atoms with van der Waals surface area (Å²) in [6.45, 7) is 7.23. The molecular weight excluding hydrogens is 340 g/mol. The van der Waals surface area contributed by atoms with Gasteiger partial charge in [0.25, 0.3) is 5.91 Å². The van der Waals surface area contributed by atoms with Crippen LogP contribution >= 0.6 is 11.3 Å². The molecule has 6 nitrogen and oxygen atoms in total. The van der Waals surface area contributed by atoms with Crippen molar-refractivity contribution >= 4 is 34.7 Å². The number of anilines is 2. The third-order valence-electron chi connectivity index (χ3n) is 3.23. The lowest BCUT2D eigenvalue weighted by Crippen LogP contribution is -2.27. The Morgan fingerprint density at radius 2 is 1.92 bits per heavy atom. The molecular formula is C18H22N2O4S. The van der Waals surface area contributed by atoms with E-state index in [2.05, 4.69) is 10.6 Å². The first-order valence-corrected chi connectivity index (χ1v) is 8.78. The molecule has 0 saturated carbocycles. The summed E-state index contributed by atoms with van der Waals surface area (Å²) in [5.41, 5.74) is 1.05. The van der Waals surface area contributed by atoms with Gasteiger partial charge in [-0.2, -0.15) is 0 Å². The second kappa shape index (κ2) is 7.57. The van der Waals surface area contributed by atoms with Gasteiger partial charge in [-0.1, -0.05) is 13.0 Å². The Balaban J connectivity index is 2.09. The van der Waals surface area contributed by atoms with E-state index in [9.17, 15) is 14.7 Å². The molecule has 2 rings (SSSR count). The van der Waals surface area contributed by atoms with Crippen LogP contribution in [0.15, 0.2) is 29.6 Å². The van der Waals surface area contributed by atoms with E-state index in [0.717, 1.165) is 5.56 Å². The summed E-state index contributed by atoms with van der Waals surface area (Å²) in [6.07, 6.45) is 0.0828. The third-order valence-corrected chi connectivity index (χ3v) is 4.14. The summed E-state index contributed by atoms with van der Waals surface area (Å²) in [6, 6.07) is 6.64. The largest absolute Gasteiger partial charge is 0.508 e. The Morgan fingerprint density at radius 1 is 1.20 bits per heavy atom. The average molecular weight is 362 g/mol. The molecule has 1 aromatic heterocycles. The number of aromatic hydroxyl groups is 1. The number of ether oxygens (including phenoxy) is 1. The second-order valence-electron chi connectivity index (χ2n) is 6.44. The molecule has 7 heteroatoms. The summed E-state index contributed by atoms with van der Waals surface area (Å²) in [4.78, 5) is 24.7. The fourth-order valence-electron chi connectivity index (χ4n) is 2.13. The molecule has 0 saturated heterocycles. The van der Waals surface area contributed by atoms with Crippen molar-refractivity contribution in [3.05, 3.63) is 40.1 Å². The Kier molecular flexibility index (Phi) is 5.69. The van der Waals surface area contributed by atoms with E-state index < -0.39 is 11.7 Å². The predicted octanol–water partition coefficient (Wildman–Crippen LogP) is 4.62. The number of thiophene rings is 1. The minimum Gasteiger partial charge on any atom is -0.508 e. The number of rotatable bonds is 4. The molecule has 25 heavy (non-hydrogen) atoms. The maximum Gasteiger partial charge on any atom is 0.412 e. The highest BCUT2D eigenvalue weighted by molar-refractivity contribution is 7.12. The van der Waals surface area contributed by atoms with E-state index in [0.29, 0.717) is 22.7 Å². The van der Waals surface area contributed by atoms with Gasteiger partial charge < -0.3 is 15.2 Å². The van der Waals surface area contributed by atoms with E-state index in [1.165, 1.54) is 17.4 Å². The fraction of sp³-hybridized carbons (Fsp3) is 0.333. The number of hydrogen-bond donors (Lipinski definition) is 3. The molecule has 0 aliphatic heterocycles. The van der Waals surface area contributed by atoms with Gasteiger partial charge in [0.15, 0.2) is 0 Å². The molecule has 0 atom stereocenters. The standard InChI is InChI=1S/C18H22N2O4S/c1-5-11-6-7-12(10-14(11)21)19-16(22)15-13(8-9-25-15)20-17(23)24-18(2,3)4/h6-10,21H,5H2,1-4H3,(H,19,22)(H,20,23). The number of carbonyl (C=O) groups is 2. The highest BCUT2D eigenvalue weighted by Gasteiger charge is 2.20. The van der Waals surface area contributed by atoms with Crippen LogP contribution in [0.5, 0.6) is 5.75 Å². The van der Waals surface area contributed by atoms with Crippen LogP contribution in [0.1, 0.15) is 42.9 Å². The number of carbonyl (C=O) groups excluding carboxylic acids is 2. The molecule has 2 aromatic rings. The van der Waals surface area contributed by atoms with E-state index in [1.807, 2.05) is 6.92 Å². The van der Waals surface area contributed by atoms with Crippen LogP contribution in [0, 0.1) is 0 Å². The zero-order valence-corrected chi connectivity index (χ0v) is 15.5. The quantitative estimate of drug-likeness (QED) is 0.741. The maximum absolute atomic E-state index is 12.5. The van der Waals surface area contributed by atoms with Gasteiger partial charge in [0.05, 0.1) is 5.69 Å². The van der Waals surface area contributed by atoms with Gasteiger partial charge in [-0.05, 0) is 50.3 Å². The zero-order chi connectivity index (χ0) is 18.6. The summed E-state index contributed by atoms with van der Waals surface area (Å²) in [5, 5.41) is 16.9. The average Bonchev–Trinajstić information content (AvgIpc) is 2.93. The van der Waals surface area contributed by atoms with Crippen LogP contribution in [0.2, 0.25) is 0 Å². The van der Waals surface area contributed by atoms with Gasteiger partial charge in [-0.15, -0.1) is 11.3 Å². The summed E-state index contributed by atoms with van der Waals surface area (Å²) >= 11 is 1.20. The van der Waals surface area contributed by atoms with Crippen molar-refractivity contribution in [1.29, 1.82) is 0 Å². The number of hydrogen-bond acceptors (Lipinski definition) is 5. The van der Waals surface area contributed by atoms with E-state index in [4.69, 9.17) is 4.74 Å². The summed E-state index contributed by atoms with van der Waals surface area (Å²) < 4.78 is 5.20. The van der Waals surface area contributed by atoms with Crippen LogP contribution < -0.4 is 10.6 Å². The van der Waals surface area contributed by atoms with Crippen LogP contribution in [-0.2, 0) is 11.2 Å². The lowest BCUT2D eigenvalue weighted by atomic mass is 10.1. The highest BCUT2D eigenvalue weighted by atomic mass is 32.1. The van der Waals surface area contributed by atoms with Gasteiger partial charge in [0.2, 0.25) is 0 Å². The minimum atomic E-state index is -0.624. The molecule has 134 valence electrons. The lowest BCUT2D eigenvalue weighted by Gasteiger charge is -2.19. The highest BCUT2D eigenvalue weighted by Crippen LogP contribution is 2.26. The van der Waals surface area contributed by atoms with Gasteiger partial charge in [-0.25, -0.2) is 4.79 Å². The van der Waals surface area contributed by atoms with Gasteiger partial charge in [0.1, 0.15) is 16.2 Å². The van der Waals surface area contributed by atoms with Crippen molar-refractivity contribution in [3.8, 4) is 5.75 Å². The molecule has 0 radical (unpaired) electrons. The third kappa shape index (κ3) is 5.22. The molecule has 1 heterocycles. The topological polar surface area (TPSA) is 87.7 Å². The minimum absolute atomic E-state index is 0.138. The zero-order valence-electron chi connectivity index (χ0n) is 14.7. The van der Waals surface area contributed by atoms with Crippen molar-refractivity contribution in [2.45, 2.75) is 39.7 Å². The smallest absolute Gasteiger partial charge is 0.412 e. The first kappa shape index (κ1) is 18.8. The van der Waals surface area contributed by atoms with Crippen LogP contribution in [0.3, 0.4) is 0 Å². The second-order valence-corrected chi connectivity index (χ2v) is 7.36. The van der Waals surface area contributed by atoms with Crippen molar-refractivity contribution in [3.63, 3.8) is 0 Å². The number of phenolic OH excluding ortho intramolecular Hbond substituents is 1. The van der Waals surface area contributed by atoms with E-state index in [-0.39, 0.29) is 11.7 Å². The SMILES string of the molecule is CCc1ccc(NC(=O)c2sccc2NC(=O)OC(C)(C)C)cc1O. The monoisotopic (exact) mass is 362 g/mol. The van der Waals surface area contributed by atoms with Crippen LogP contribution in [-0.4, -0.2) is 22.7 Å². The molecule has 0 aliphatic rings. The van der Waals surface area contributed by atoms with Gasteiger partial charge in [0, 0.05) is 11.8 Å². The molecule has 3 N–H and O–H groups in total. The van der Waals surface area contributed by atoms with Crippen molar-refractivity contribution < 1.29 is 19.4 Å². The maximum atomic E-state index is 12.5. The van der Waals surface area contributed by atoms with Crippen molar-refractivity contribution in [1.82, 2.24) is 0 Å². The Bertz CT molecular complexity index is 778. The van der Waals surface area contributed by atoms with Crippen LogP contribution in [0.25, 0.3) is 0 Å². The molecule has 1 aromatic carbocycles. The number of nitrogens with one attached hydrogen (secondary N) is 2. The first-order valence-electron chi connectivity index (χ1n) is 7.90. The number of phenols is 1. The number of benzene rings is 1. The number of aryl methyl sites for hydroxylation is 1. The van der Waals surface area contributed by atoms with E-state index in [1.54, 1.807) is 44.4 Å². The first-order chi connectivity index (χ1) is 11.7. The normalized spacial score (nSPS) is 11.0. The molecule has 0 fully saturated rings.